The van der Waals surface area contributed by atoms with Crippen molar-refractivity contribution in [1.29, 1.82) is 0 Å². The van der Waals surface area contributed by atoms with Crippen LogP contribution in [0.3, 0.4) is 0 Å². The van der Waals surface area contributed by atoms with Crippen LogP contribution >= 0.6 is 11.6 Å². The fourth-order valence-electron chi connectivity index (χ4n) is 2.05. The predicted molar refractivity (Wildman–Crippen MR) is 61.1 cm³/mol. The fraction of sp³-hybridized carbons (Fsp3) is 0.500. The Kier molecular flexibility index (Phi) is 3.45. The molecule has 0 aliphatic carbocycles. The van der Waals surface area contributed by atoms with Gasteiger partial charge in [-0.15, -0.1) is 0 Å². The van der Waals surface area contributed by atoms with E-state index >= 15 is 0 Å². The van der Waals surface area contributed by atoms with Crippen molar-refractivity contribution in [3.8, 4) is 0 Å². The first-order chi connectivity index (χ1) is 7.58. The average molecular weight is 246 g/mol. The zero-order chi connectivity index (χ0) is 11.6. The summed E-state index contributed by atoms with van der Waals surface area (Å²) in [7, 11) is 0. The van der Waals surface area contributed by atoms with Gasteiger partial charge in [0.25, 0.3) is 5.92 Å². The van der Waals surface area contributed by atoms with Crippen molar-refractivity contribution in [2.75, 3.05) is 13.1 Å². The van der Waals surface area contributed by atoms with Crippen molar-refractivity contribution < 1.29 is 8.78 Å². The third-order valence-corrected chi connectivity index (χ3v) is 3.23. The highest BCUT2D eigenvalue weighted by Gasteiger charge is 2.41. The highest BCUT2D eigenvalue weighted by molar-refractivity contribution is 6.30. The standard InChI is InChI=1S/C12H14ClF2N/c13-11-3-1-2-9(7-11)6-10-8-16-5-4-12(10,14)15/h1-3,7,10,16H,4-6,8H2. The zero-order valence-electron chi connectivity index (χ0n) is 8.85. The number of nitrogens with one attached hydrogen (secondary N) is 1. The number of hydrogen-bond donors (Lipinski definition) is 1. The second-order valence-electron chi connectivity index (χ2n) is 4.25. The van der Waals surface area contributed by atoms with Crippen molar-refractivity contribution >= 4 is 11.6 Å². The van der Waals surface area contributed by atoms with Crippen molar-refractivity contribution in [1.82, 2.24) is 5.32 Å². The van der Waals surface area contributed by atoms with Crippen LogP contribution in [0.5, 0.6) is 0 Å². The van der Waals surface area contributed by atoms with Crippen molar-refractivity contribution in [3.05, 3.63) is 34.9 Å². The lowest BCUT2D eigenvalue weighted by Gasteiger charge is -2.32. The number of halogens is 3. The molecule has 88 valence electrons. The first-order valence-corrected chi connectivity index (χ1v) is 5.79. The van der Waals surface area contributed by atoms with Gasteiger partial charge in [-0.3, -0.25) is 0 Å². The van der Waals surface area contributed by atoms with Gasteiger partial charge in [0.2, 0.25) is 0 Å². The molecule has 1 aromatic carbocycles. The summed E-state index contributed by atoms with van der Waals surface area (Å²) in [5, 5.41) is 3.61. The van der Waals surface area contributed by atoms with Gasteiger partial charge in [-0.05, 0) is 24.1 Å². The van der Waals surface area contributed by atoms with Gasteiger partial charge in [-0.2, -0.15) is 0 Å². The Morgan fingerprint density at radius 1 is 1.44 bits per heavy atom. The molecular formula is C12H14ClF2N. The summed E-state index contributed by atoms with van der Waals surface area (Å²) in [6.07, 6.45) is 0.304. The minimum absolute atomic E-state index is 0.0712. The van der Waals surface area contributed by atoms with Gasteiger partial charge in [-0.25, -0.2) is 8.78 Å². The number of piperidine rings is 1. The van der Waals surface area contributed by atoms with E-state index in [4.69, 9.17) is 11.6 Å². The lowest BCUT2D eigenvalue weighted by atomic mass is 9.89. The highest BCUT2D eigenvalue weighted by Crippen LogP contribution is 2.33. The van der Waals surface area contributed by atoms with Crippen LogP contribution in [0.25, 0.3) is 0 Å². The minimum Gasteiger partial charge on any atom is -0.316 e. The van der Waals surface area contributed by atoms with Crippen molar-refractivity contribution in [2.24, 2.45) is 5.92 Å². The van der Waals surface area contributed by atoms with Gasteiger partial charge in [0.05, 0.1) is 0 Å². The summed E-state index contributed by atoms with van der Waals surface area (Å²) in [5.41, 5.74) is 0.876. The topological polar surface area (TPSA) is 12.0 Å². The van der Waals surface area contributed by atoms with E-state index in [1.807, 2.05) is 6.07 Å². The molecule has 2 rings (SSSR count). The van der Waals surface area contributed by atoms with E-state index in [9.17, 15) is 8.78 Å². The van der Waals surface area contributed by atoms with Crippen molar-refractivity contribution in [3.63, 3.8) is 0 Å². The molecule has 0 amide bonds. The fourth-order valence-corrected chi connectivity index (χ4v) is 2.27. The Bertz CT molecular complexity index is 368. The smallest absolute Gasteiger partial charge is 0.253 e. The van der Waals surface area contributed by atoms with E-state index in [1.165, 1.54) is 0 Å². The van der Waals surface area contributed by atoms with Crippen LogP contribution in [0.15, 0.2) is 24.3 Å². The van der Waals surface area contributed by atoms with Gasteiger partial charge >= 0.3 is 0 Å². The molecule has 1 saturated heterocycles. The second kappa shape index (κ2) is 4.68. The molecule has 0 saturated carbocycles. The largest absolute Gasteiger partial charge is 0.316 e. The number of rotatable bonds is 2. The molecule has 1 unspecified atom stereocenters. The molecule has 1 aromatic rings. The highest BCUT2D eigenvalue weighted by atomic mass is 35.5. The van der Waals surface area contributed by atoms with Crippen LogP contribution in [0.1, 0.15) is 12.0 Å². The quantitative estimate of drug-likeness (QED) is 0.844. The molecule has 1 aliphatic heterocycles. The normalized spacial score (nSPS) is 24.3. The summed E-state index contributed by atoms with van der Waals surface area (Å²) >= 11 is 5.83. The SMILES string of the molecule is FC1(F)CCNCC1Cc1cccc(Cl)c1. The monoisotopic (exact) mass is 245 g/mol. The summed E-state index contributed by atoms with van der Waals surface area (Å²) in [6, 6.07) is 7.15. The van der Waals surface area contributed by atoms with Gasteiger partial charge in [0, 0.05) is 30.5 Å². The summed E-state index contributed by atoms with van der Waals surface area (Å²) in [5.74, 6) is -3.19. The first-order valence-electron chi connectivity index (χ1n) is 5.41. The summed E-state index contributed by atoms with van der Waals surface area (Å²) < 4.78 is 27.2. The number of benzene rings is 1. The molecule has 1 fully saturated rings. The van der Waals surface area contributed by atoms with Crippen LogP contribution in [-0.4, -0.2) is 19.0 Å². The minimum atomic E-state index is -2.56. The lowest BCUT2D eigenvalue weighted by molar-refractivity contribution is -0.0776. The molecule has 1 N–H and O–H groups in total. The molecule has 0 radical (unpaired) electrons. The molecule has 1 nitrogen and oxygen atoms in total. The molecule has 0 bridgehead atoms. The second-order valence-corrected chi connectivity index (χ2v) is 4.68. The maximum Gasteiger partial charge on any atom is 0.253 e. The van der Waals surface area contributed by atoms with Crippen LogP contribution in [-0.2, 0) is 6.42 Å². The van der Waals surface area contributed by atoms with Crippen LogP contribution in [0.2, 0.25) is 5.02 Å². The maximum absolute atomic E-state index is 13.6. The number of alkyl halides is 2. The number of hydrogen-bond acceptors (Lipinski definition) is 1. The molecule has 16 heavy (non-hydrogen) atoms. The van der Waals surface area contributed by atoms with Crippen molar-refractivity contribution in [2.45, 2.75) is 18.8 Å². The maximum atomic E-state index is 13.6. The Morgan fingerprint density at radius 3 is 2.94 bits per heavy atom. The zero-order valence-corrected chi connectivity index (χ0v) is 9.61. The molecular weight excluding hydrogens is 232 g/mol. The van der Waals surface area contributed by atoms with Gasteiger partial charge in [-0.1, -0.05) is 23.7 Å². The third kappa shape index (κ3) is 2.71. The van der Waals surface area contributed by atoms with Gasteiger partial charge < -0.3 is 5.32 Å². The van der Waals surface area contributed by atoms with Crippen LogP contribution < -0.4 is 5.32 Å². The van der Waals surface area contributed by atoms with E-state index in [-0.39, 0.29) is 6.42 Å². The third-order valence-electron chi connectivity index (χ3n) is 2.99. The van der Waals surface area contributed by atoms with Crippen LogP contribution in [0, 0.1) is 5.92 Å². The van der Waals surface area contributed by atoms with Gasteiger partial charge in [0.1, 0.15) is 0 Å². The molecule has 1 heterocycles. The predicted octanol–water partition coefficient (Wildman–Crippen LogP) is 3.13. The molecule has 0 aromatic heterocycles. The Balaban J connectivity index is 2.08. The lowest BCUT2D eigenvalue weighted by Crippen LogP contribution is -2.45. The molecule has 0 spiro atoms. The molecule has 1 atom stereocenters. The van der Waals surface area contributed by atoms with E-state index < -0.39 is 11.8 Å². The molecule has 1 aliphatic rings. The average Bonchev–Trinajstić information content (AvgIpc) is 2.21. The Hall–Kier alpha value is -0.670. The van der Waals surface area contributed by atoms with E-state index in [0.29, 0.717) is 24.5 Å². The first kappa shape index (κ1) is 11.8. The van der Waals surface area contributed by atoms with Gasteiger partial charge in [0.15, 0.2) is 0 Å². The van der Waals surface area contributed by atoms with E-state index in [2.05, 4.69) is 5.32 Å². The van der Waals surface area contributed by atoms with E-state index in [1.54, 1.807) is 18.2 Å². The van der Waals surface area contributed by atoms with Crippen LogP contribution in [0.4, 0.5) is 8.78 Å². The molecule has 4 heteroatoms. The summed E-state index contributed by atoms with van der Waals surface area (Å²) in [4.78, 5) is 0. The Morgan fingerprint density at radius 2 is 2.25 bits per heavy atom. The summed E-state index contributed by atoms with van der Waals surface area (Å²) in [6.45, 7) is 0.776. The Labute approximate surface area is 98.8 Å². The van der Waals surface area contributed by atoms with E-state index in [0.717, 1.165) is 5.56 Å².